The molecule has 0 atom stereocenters. The number of hydrogen-bond acceptors (Lipinski definition) is 4. The molecule has 5 rings (SSSR count). The molecule has 0 N–H and O–H groups in total. The van der Waals surface area contributed by atoms with Crippen molar-refractivity contribution in [3.05, 3.63) is 90.4 Å². The van der Waals surface area contributed by atoms with E-state index in [0.717, 1.165) is 50.5 Å². The number of pyridine rings is 1. The third kappa shape index (κ3) is 4.06. The number of piperazine rings is 1. The summed E-state index contributed by atoms with van der Waals surface area (Å²) in [6.45, 7) is 6.24. The fourth-order valence-electron chi connectivity index (χ4n) is 4.06. The number of rotatable bonds is 5. The number of aromatic nitrogens is 3. The minimum Gasteiger partial charge on any atom is -0.296 e. The van der Waals surface area contributed by atoms with Crippen molar-refractivity contribution >= 4 is 10.9 Å². The highest BCUT2D eigenvalue weighted by atomic mass is 15.3. The van der Waals surface area contributed by atoms with Gasteiger partial charge >= 0.3 is 0 Å². The zero-order chi connectivity index (χ0) is 19.5. The minimum absolute atomic E-state index is 0.955. The molecule has 0 spiro atoms. The monoisotopic (exact) mass is 383 g/mol. The van der Waals surface area contributed by atoms with Gasteiger partial charge < -0.3 is 0 Å². The molecule has 0 radical (unpaired) electrons. The first-order chi connectivity index (χ1) is 14.3. The predicted octanol–water partition coefficient (Wildman–Crippen LogP) is 3.74. The summed E-state index contributed by atoms with van der Waals surface area (Å²) in [5, 5.41) is 5.75. The Bertz CT molecular complexity index is 1080. The van der Waals surface area contributed by atoms with Crippen LogP contribution >= 0.6 is 0 Å². The maximum absolute atomic E-state index is 4.60. The van der Waals surface area contributed by atoms with Gasteiger partial charge in [0.1, 0.15) is 0 Å². The van der Waals surface area contributed by atoms with E-state index < -0.39 is 0 Å². The summed E-state index contributed by atoms with van der Waals surface area (Å²) in [6.07, 6.45) is 6.02. The highest BCUT2D eigenvalue weighted by molar-refractivity contribution is 5.81. The minimum atomic E-state index is 0.955. The Labute approximate surface area is 171 Å². The molecular formula is C24H25N5. The van der Waals surface area contributed by atoms with Gasteiger partial charge in [-0.1, -0.05) is 42.5 Å². The molecule has 1 aliphatic rings. The zero-order valence-corrected chi connectivity index (χ0v) is 16.5. The summed E-state index contributed by atoms with van der Waals surface area (Å²) in [7, 11) is 0. The third-order valence-electron chi connectivity index (χ3n) is 5.64. The molecule has 5 nitrogen and oxygen atoms in total. The topological polar surface area (TPSA) is 37.2 Å². The third-order valence-corrected chi connectivity index (χ3v) is 5.64. The quantitative estimate of drug-likeness (QED) is 0.526. The van der Waals surface area contributed by atoms with E-state index in [2.05, 4.69) is 62.5 Å². The van der Waals surface area contributed by atoms with Gasteiger partial charge in [0.15, 0.2) is 0 Å². The molecule has 146 valence electrons. The van der Waals surface area contributed by atoms with E-state index in [-0.39, 0.29) is 0 Å². The molecule has 1 fully saturated rings. The van der Waals surface area contributed by atoms with Crippen LogP contribution in [0.2, 0.25) is 0 Å². The van der Waals surface area contributed by atoms with Crippen LogP contribution in [-0.4, -0.2) is 50.7 Å². The molecule has 1 aliphatic heterocycles. The number of nitrogens with zero attached hydrogens (tertiary/aromatic N) is 5. The number of hydrogen-bond donors (Lipinski definition) is 0. The van der Waals surface area contributed by atoms with Gasteiger partial charge in [-0.3, -0.25) is 14.8 Å². The van der Waals surface area contributed by atoms with Crippen molar-refractivity contribution < 1.29 is 0 Å². The van der Waals surface area contributed by atoms with Gasteiger partial charge in [0.25, 0.3) is 0 Å². The average Bonchev–Trinajstić information content (AvgIpc) is 3.25. The molecular weight excluding hydrogens is 358 g/mol. The Morgan fingerprint density at radius 2 is 1.52 bits per heavy atom. The zero-order valence-electron chi connectivity index (χ0n) is 16.5. The van der Waals surface area contributed by atoms with Crippen LogP contribution in [0.4, 0.5) is 0 Å². The first-order valence-corrected chi connectivity index (χ1v) is 10.2. The van der Waals surface area contributed by atoms with Crippen LogP contribution in [0, 0.1) is 0 Å². The summed E-state index contributed by atoms with van der Waals surface area (Å²) < 4.78 is 1.96. The molecule has 0 unspecified atom stereocenters. The maximum Gasteiger partial charge on any atom is 0.0746 e. The van der Waals surface area contributed by atoms with Crippen LogP contribution in [0.1, 0.15) is 11.1 Å². The second-order valence-corrected chi connectivity index (χ2v) is 7.67. The van der Waals surface area contributed by atoms with Crippen molar-refractivity contribution in [3.8, 4) is 5.69 Å². The molecule has 2 aromatic heterocycles. The van der Waals surface area contributed by atoms with Crippen molar-refractivity contribution in [3.63, 3.8) is 0 Å². The molecule has 29 heavy (non-hydrogen) atoms. The molecule has 3 heterocycles. The van der Waals surface area contributed by atoms with E-state index in [4.69, 9.17) is 0 Å². The largest absolute Gasteiger partial charge is 0.296 e. The van der Waals surface area contributed by atoms with Gasteiger partial charge in [-0.25, -0.2) is 4.68 Å². The van der Waals surface area contributed by atoms with Crippen LogP contribution in [0.5, 0.6) is 0 Å². The molecule has 1 saturated heterocycles. The highest BCUT2D eigenvalue weighted by Gasteiger charge is 2.18. The SMILES string of the molecule is c1ccc(-n2cc(CN3CCN(Cc4cccc5cccnc45)CC3)cn2)cc1. The lowest BCUT2D eigenvalue weighted by molar-refractivity contribution is 0.122. The van der Waals surface area contributed by atoms with E-state index >= 15 is 0 Å². The number of fused-ring (bicyclic) bond motifs is 1. The van der Waals surface area contributed by atoms with Gasteiger partial charge in [-0.2, -0.15) is 5.10 Å². The smallest absolute Gasteiger partial charge is 0.0746 e. The fourth-order valence-corrected chi connectivity index (χ4v) is 4.06. The van der Waals surface area contributed by atoms with Crippen LogP contribution in [0.3, 0.4) is 0 Å². The fraction of sp³-hybridized carbons (Fsp3) is 0.250. The lowest BCUT2D eigenvalue weighted by Gasteiger charge is -2.34. The second kappa shape index (κ2) is 8.15. The molecule has 4 aromatic rings. The Balaban J connectivity index is 1.18. The average molecular weight is 383 g/mol. The summed E-state index contributed by atoms with van der Waals surface area (Å²) in [5.41, 5.74) is 4.82. The van der Waals surface area contributed by atoms with Crippen LogP contribution in [0.25, 0.3) is 16.6 Å². The maximum atomic E-state index is 4.60. The standard InChI is InChI=1S/C24H25N5/c1-2-9-23(10-3-1)29-18-20(16-26-29)17-27-12-14-28(15-13-27)19-22-7-4-6-21-8-5-11-25-24(21)22/h1-11,16,18H,12-15,17,19H2. The van der Waals surface area contributed by atoms with Gasteiger partial charge in [-0.05, 0) is 23.8 Å². The molecule has 0 amide bonds. The molecule has 5 heteroatoms. The van der Waals surface area contributed by atoms with E-state index in [1.165, 1.54) is 16.5 Å². The molecule has 0 bridgehead atoms. The van der Waals surface area contributed by atoms with E-state index in [9.17, 15) is 0 Å². The van der Waals surface area contributed by atoms with Crippen LogP contribution < -0.4 is 0 Å². The normalized spacial score (nSPS) is 15.7. The second-order valence-electron chi connectivity index (χ2n) is 7.67. The van der Waals surface area contributed by atoms with Crippen molar-refractivity contribution in [2.45, 2.75) is 13.1 Å². The van der Waals surface area contributed by atoms with E-state index in [1.54, 1.807) is 0 Å². The lowest BCUT2D eigenvalue weighted by Crippen LogP contribution is -2.45. The van der Waals surface area contributed by atoms with E-state index in [0.29, 0.717) is 0 Å². The Morgan fingerprint density at radius 3 is 2.34 bits per heavy atom. The van der Waals surface area contributed by atoms with Crippen molar-refractivity contribution in [1.29, 1.82) is 0 Å². The van der Waals surface area contributed by atoms with Gasteiger partial charge in [0, 0.05) is 62.6 Å². The van der Waals surface area contributed by atoms with Crippen molar-refractivity contribution in [1.82, 2.24) is 24.6 Å². The van der Waals surface area contributed by atoms with Gasteiger partial charge in [-0.15, -0.1) is 0 Å². The van der Waals surface area contributed by atoms with Crippen LogP contribution in [-0.2, 0) is 13.1 Å². The van der Waals surface area contributed by atoms with Crippen molar-refractivity contribution in [2.75, 3.05) is 26.2 Å². The van der Waals surface area contributed by atoms with Crippen molar-refractivity contribution in [2.24, 2.45) is 0 Å². The molecule has 0 saturated carbocycles. The summed E-state index contributed by atoms with van der Waals surface area (Å²) >= 11 is 0. The summed E-state index contributed by atoms with van der Waals surface area (Å²) in [6, 6.07) is 20.9. The Morgan fingerprint density at radius 1 is 0.759 bits per heavy atom. The Kier molecular flexibility index (Phi) is 5.07. The lowest BCUT2D eigenvalue weighted by atomic mass is 10.1. The number of benzene rings is 2. The highest BCUT2D eigenvalue weighted by Crippen LogP contribution is 2.19. The first kappa shape index (κ1) is 18.0. The van der Waals surface area contributed by atoms with Gasteiger partial charge in [0.2, 0.25) is 0 Å². The first-order valence-electron chi connectivity index (χ1n) is 10.2. The van der Waals surface area contributed by atoms with E-state index in [1.807, 2.05) is 41.3 Å². The summed E-state index contributed by atoms with van der Waals surface area (Å²) in [4.78, 5) is 9.65. The van der Waals surface area contributed by atoms with Crippen LogP contribution in [0.15, 0.2) is 79.3 Å². The number of para-hydroxylation sites is 2. The van der Waals surface area contributed by atoms with Gasteiger partial charge in [0.05, 0.1) is 17.4 Å². The molecule has 0 aliphatic carbocycles. The predicted molar refractivity (Wildman–Crippen MR) is 116 cm³/mol. The molecule has 2 aromatic carbocycles. The summed E-state index contributed by atoms with van der Waals surface area (Å²) in [5.74, 6) is 0. The Hall–Kier alpha value is -3.02.